The van der Waals surface area contributed by atoms with Gasteiger partial charge < -0.3 is 4.57 Å². The number of halogens is 2. The molecule has 0 aliphatic heterocycles. The van der Waals surface area contributed by atoms with E-state index in [2.05, 4.69) is 0 Å². The lowest BCUT2D eigenvalue weighted by atomic mass is 10.2. The van der Waals surface area contributed by atoms with E-state index in [1.807, 2.05) is 0 Å². The molecule has 82 valence electrons. The van der Waals surface area contributed by atoms with Crippen molar-refractivity contribution in [1.82, 2.24) is 4.57 Å². The van der Waals surface area contributed by atoms with E-state index in [0.29, 0.717) is 17.1 Å². The summed E-state index contributed by atoms with van der Waals surface area (Å²) in [6.45, 7) is 0.354. The van der Waals surface area contributed by atoms with Crippen molar-refractivity contribution in [3.05, 3.63) is 69.4 Å². The Hall–Kier alpha value is -1.61. The number of hydrogen-bond acceptors (Lipinski definition) is 1. The van der Waals surface area contributed by atoms with E-state index in [4.69, 9.17) is 11.6 Å². The van der Waals surface area contributed by atoms with Gasteiger partial charge in [-0.2, -0.15) is 0 Å². The van der Waals surface area contributed by atoms with Crippen molar-refractivity contribution in [3.63, 3.8) is 0 Å². The highest BCUT2D eigenvalue weighted by atomic mass is 35.5. The van der Waals surface area contributed by atoms with Crippen molar-refractivity contribution < 1.29 is 4.39 Å². The van der Waals surface area contributed by atoms with E-state index in [1.165, 1.54) is 24.3 Å². The molecule has 4 heteroatoms. The molecule has 0 saturated carbocycles. The number of aromatic nitrogens is 1. The van der Waals surface area contributed by atoms with Crippen molar-refractivity contribution in [2.75, 3.05) is 0 Å². The van der Waals surface area contributed by atoms with Crippen molar-refractivity contribution in [2.45, 2.75) is 6.54 Å². The summed E-state index contributed by atoms with van der Waals surface area (Å²) in [5.41, 5.74) is 0.430. The second kappa shape index (κ2) is 4.49. The van der Waals surface area contributed by atoms with E-state index in [1.54, 1.807) is 23.0 Å². The van der Waals surface area contributed by atoms with Crippen LogP contribution in [0.4, 0.5) is 4.39 Å². The first-order valence-corrected chi connectivity index (χ1v) is 5.13. The zero-order valence-electron chi connectivity index (χ0n) is 8.36. The van der Waals surface area contributed by atoms with Crippen LogP contribution in [0, 0.1) is 5.82 Å². The molecule has 0 bridgehead atoms. The smallest absolute Gasteiger partial charge is 0.181 e. The average Bonchev–Trinajstić information content (AvgIpc) is 2.27. The molecular weight excluding hydrogens is 229 g/mol. The number of pyridine rings is 1. The van der Waals surface area contributed by atoms with Gasteiger partial charge in [-0.1, -0.05) is 11.6 Å². The summed E-state index contributed by atoms with van der Waals surface area (Å²) in [7, 11) is 0. The molecule has 16 heavy (non-hydrogen) atoms. The van der Waals surface area contributed by atoms with Gasteiger partial charge in [0.25, 0.3) is 0 Å². The maximum Gasteiger partial charge on any atom is 0.181 e. The maximum atomic E-state index is 13.4. The number of hydrogen-bond donors (Lipinski definition) is 0. The first-order chi connectivity index (χ1) is 7.65. The van der Waals surface area contributed by atoms with Crippen LogP contribution in [-0.2, 0) is 6.54 Å². The number of nitrogens with zero attached hydrogens (tertiary/aromatic N) is 1. The van der Waals surface area contributed by atoms with Crippen molar-refractivity contribution in [2.24, 2.45) is 0 Å². The van der Waals surface area contributed by atoms with Gasteiger partial charge in [-0.3, -0.25) is 4.79 Å². The minimum atomic E-state index is -0.303. The zero-order valence-corrected chi connectivity index (χ0v) is 9.12. The lowest BCUT2D eigenvalue weighted by Crippen LogP contribution is -2.05. The maximum absolute atomic E-state index is 13.4. The van der Waals surface area contributed by atoms with Crippen LogP contribution in [0.3, 0.4) is 0 Å². The molecule has 0 aliphatic carbocycles. The molecule has 0 unspecified atom stereocenters. The molecule has 2 aromatic rings. The molecule has 1 heterocycles. The summed E-state index contributed by atoms with van der Waals surface area (Å²) >= 11 is 5.78. The van der Waals surface area contributed by atoms with E-state index in [-0.39, 0.29) is 11.2 Å². The van der Waals surface area contributed by atoms with Gasteiger partial charge in [0, 0.05) is 41.7 Å². The molecule has 0 N–H and O–H groups in total. The minimum absolute atomic E-state index is 0.0668. The third-order valence-electron chi connectivity index (χ3n) is 2.22. The average molecular weight is 238 g/mol. The van der Waals surface area contributed by atoms with E-state index < -0.39 is 0 Å². The molecule has 0 fully saturated rings. The predicted octanol–water partition coefficient (Wildman–Crippen LogP) is 2.69. The van der Waals surface area contributed by atoms with Gasteiger partial charge >= 0.3 is 0 Å². The number of rotatable bonds is 2. The first-order valence-electron chi connectivity index (χ1n) is 4.75. The molecule has 0 spiro atoms. The summed E-state index contributed by atoms with van der Waals surface area (Å²) in [6, 6.07) is 7.28. The van der Waals surface area contributed by atoms with Gasteiger partial charge in [0.15, 0.2) is 5.43 Å². The van der Waals surface area contributed by atoms with Crippen molar-refractivity contribution in [1.29, 1.82) is 0 Å². The molecule has 2 nitrogen and oxygen atoms in total. The second-order valence-corrected chi connectivity index (χ2v) is 3.88. The van der Waals surface area contributed by atoms with Gasteiger partial charge in [-0.05, 0) is 18.2 Å². The normalized spacial score (nSPS) is 10.4. The van der Waals surface area contributed by atoms with E-state index in [9.17, 15) is 9.18 Å². The third kappa shape index (κ3) is 2.49. The summed E-state index contributed by atoms with van der Waals surface area (Å²) < 4.78 is 15.1. The Bertz CT molecular complexity index is 545. The Balaban J connectivity index is 2.30. The highest BCUT2D eigenvalue weighted by Gasteiger charge is 2.02. The molecule has 2 rings (SSSR count). The van der Waals surface area contributed by atoms with Crippen LogP contribution in [0.15, 0.2) is 47.5 Å². The molecule has 0 saturated heterocycles. The topological polar surface area (TPSA) is 22.0 Å². The standard InChI is InChI=1S/C12H9ClFNO/c13-10-1-2-12(14)9(7-10)8-15-5-3-11(16)4-6-15/h1-7H,8H2. The van der Waals surface area contributed by atoms with Crippen LogP contribution in [0.2, 0.25) is 5.02 Å². The van der Waals surface area contributed by atoms with Gasteiger partial charge in [-0.25, -0.2) is 4.39 Å². The van der Waals surface area contributed by atoms with Crippen LogP contribution in [0.1, 0.15) is 5.56 Å². The van der Waals surface area contributed by atoms with Crippen molar-refractivity contribution in [3.8, 4) is 0 Å². The van der Waals surface area contributed by atoms with Gasteiger partial charge in [0.2, 0.25) is 0 Å². The Morgan fingerprint density at radius 2 is 1.88 bits per heavy atom. The summed E-state index contributed by atoms with van der Waals surface area (Å²) in [5.74, 6) is -0.303. The molecule has 1 aromatic heterocycles. The Morgan fingerprint density at radius 3 is 2.56 bits per heavy atom. The zero-order chi connectivity index (χ0) is 11.5. The SMILES string of the molecule is O=c1ccn(Cc2cc(Cl)ccc2F)cc1. The summed E-state index contributed by atoms with van der Waals surface area (Å²) in [6.07, 6.45) is 3.23. The lowest BCUT2D eigenvalue weighted by Gasteiger charge is -2.07. The molecule has 0 amide bonds. The summed E-state index contributed by atoms with van der Waals surface area (Å²) in [5, 5.41) is 0.498. The Kier molecular flexibility index (Phi) is 3.06. The fourth-order valence-corrected chi connectivity index (χ4v) is 1.60. The second-order valence-electron chi connectivity index (χ2n) is 3.44. The fourth-order valence-electron chi connectivity index (χ4n) is 1.41. The van der Waals surface area contributed by atoms with Gasteiger partial charge in [0.1, 0.15) is 5.82 Å². The minimum Gasteiger partial charge on any atom is -0.350 e. The molecule has 0 radical (unpaired) electrons. The van der Waals surface area contributed by atoms with E-state index >= 15 is 0 Å². The van der Waals surface area contributed by atoms with Gasteiger partial charge in [-0.15, -0.1) is 0 Å². The van der Waals surface area contributed by atoms with Crippen LogP contribution in [0.25, 0.3) is 0 Å². The van der Waals surface area contributed by atoms with Gasteiger partial charge in [0.05, 0.1) is 0 Å². The largest absolute Gasteiger partial charge is 0.350 e. The Labute approximate surface area is 96.9 Å². The van der Waals surface area contributed by atoms with Crippen LogP contribution in [-0.4, -0.2) is 4.57 Å². The van der Waals surface area contributed by atoms with E-state index in [0.717, 1.165) is 0 Å². The first kappa shape index (κ1) is 10.9. The quantitative estimate of drug-likeness (QED) is 0.787. The highest BCUT2D eigenvalue weighted by molar-refractivity contribution is 6.30. The highest BCUT2D eigenvalue weighted by Crippen LogP contribution is 2.15. The van der Waals surface area contributed by atoms with Crippen LogP contribution in [0.5, 0.6) is 0 Å². The molecule has 0 atom stereocenters. The van der Waals surface area contributed by atoms with Crippen molar-refractivity contribution >= 4 is 11.6 Å². The fraction of sp³-hybridized carbons (Fsp3) is 0.0833. The van der Waals surface area contributed by atoms with Crippen LogP contribution >= 0.6 is 11.6 Å². The predicted molar refractivity (Wildman–Crippen MR) is 61.2 cm³/mol. The lowest BCUT2D eigenvalue weighted by molar-refractivity contribution is 0.599. The third-order valence-corrected chi connectivity index (χ3v) is 2.46. The monoisotopic (exact) mass is 237 g/mol. The molecular formula is C12H9ClFNO. The molecule has 0 aliphatic rings. The summed E-state index contributed by atoms with van der Waals surface area (Å²) in [4.78, 5) is 10.9. The van der Waals surface area contributed by atoms with Crippen LogP contribution < -0.4 is 5.43 Å². The molecule has 1 aromatic carbocycles. The Morgan fingerprint density at radius 1 is 1.19 bits per heavy atom. The number of benzene rings is 1.